The molecule has 0 amide bonds. The summed E-state index contributed by atoms with van der Waals surface area (Å²) >= 11 is 0. The predicted octanol–water partition coefficient (Wildman–Crippen LogP) is 4.10. The van der Waals surface area contributed by atoms with Crippen molar-refractivity contribution in [2.24, 2.45) is 34.0 Å². The number of cyclic esters (lactones) is 1. The van der Waals surface area contributed by atoms with E-state index in [1.54, 1.807) is 12.1 Å². The zero-order chi connectivity index (χ0) is 21.6. The van der Waals surface area contributed by atoms with Gasteiger partial charge in [-0.1, -0.05) is 19.9 Å². The fourth-order valence-electron chi connectivity index (χ4n) is 8.22. The molecule has 0 aromatic carbocycles. The van der Waals surface area contributed by atoms with Crippen LogP contribution in [0.5, 0.6) is 0 Å². The maximum atomic E-state index is 13.8. The predicted molar refractivity (Wildman–Crippen MR) is 109 cm³/mol. The molecule has 6 heteroatoms. The lowest BCUT2D eigenvalue weighted by Gasteiger charge is -2.69. The Hall–Kier alpha value is -2.37. The number of carbonyl (C=O) groups is 3. The first-order valence-electron chi connectivity index (χ1n) is 11.5. The van der Waals surface area contributed by atoms with Crippen molar-refractivity contribution < 1.29 is 28.3 Å². The Morgan fingerprint density at radius 1 is 1.16 bits per heavy atom. The van der Waals surface area contributed by atoms with Crippen LogP contribution in [-0.4, -0.2) is 30.4 Å². The SMILES string of the molecule is C=C1C(=O)[C@]23CC[C@H]1CC2[C@@]12CCC[C@@](C)(COC1=O)C2C[C@H]3OC(=O)c1ccco1. The van der Waals surface area contributed by atoms with Gasteiger partial charge in [-0.25, -0.2) is 4.79 Å². The second-order valence-corrected chi connectivity index (χ2v) is 10.7. The molecule has 31 heavy (non-hydrogen) atoms. The smallest absolute Gasteiger partial charge is 0.374 e. The molecule has 2 heterocycles. The van der Waals surface area contributed by atoms with Gasteiger partial charge in [0.1, 0.15) is 6.10 Å². The van der Waals surface area contributed by atoms with Crippen molar-refractivity contribution >= 4 is 17.7 Å². The van der Waals surface area contributed by atoms with E-state index >= 15 is 0 Å². The van der Waals surface area contributed by atoms with Gasteiger partial charge in [0.15, 0.2) is 5.78 Å². The van der Waals surface area contributed by atoms with Crippen LogP contribution in [-0.2, 0) is 19.1 Å². The lowest BCUT2D eigenvalue weighted by atomic mass is 9.35. The van der Waals surface area contributed by atoms with Crippen LogP contribution in [0.4, 0.5) is 0 Å². The van der Waals surface area contributed by atoms with Crippen molar-refractivity contribution in [1.82, 2.24) is 0 Å². The van der Waals surface area contributed by atoms with Crippen LogP contribution in [0.15, 0.2) is 35.0 Å². The van der Waals surface area contributed by atoms with Crippen molar-refractivity contribution in [2.75, 3.05) is 6.61 Å². The van der Waals surface area contributed by atoms with Crippen molar-refractivity contribution in [2.45, 2.75) is 58.0 Å². The second-order valence-electron chi connectivity index (χ2n) is 10.7. The van der Waals surface area contributed by atoms with E-state index in [1.165, 1.54) is 6.26 Å². The quantitative estimate of drug-likeness (QED) is 0.525. The van der Waals surface area contributed by atoms with Crippen LogP contribution in [0.25, 0.3) is 0 Å². The lowest BCUT2D eigenvalue weighted by Crippen LogP contribution is -2.73. The molecule has 5 saturated carbocycles. The number of furan rings is 1. The average Bonchev–Trinajstić information content (AvgIpc) is 3.30. The second kappa shape index (κ2) is 6.11. The summed E-state index contributed by atoms with van der Waals surface area (Å²) in [6.07, 6.45) is 6.30. The number of Topliss-reactive ketones (excluding diaryl/α,β-unsaturated/α-hetero) is 1. The van der Waals surface area contributed by atoms with Crippen LogP contribution >= 0.6 is 0 Å². The lowest BCUT2D eigenvalue weighted by molar-refractivity contribution is -0.254. The molecule has 1 aromatic rings. The standard InChI is InChI=1S/C25H28O6/c1-14-15-6-9-25(20(14)26)18(11-15)24-8-4-7-23(2,13-30-22(24)28)17(24)12-19(25)31-21(27)16-5-3-10-29-16/h3,5,10,15,17-19H,1,4,6-9,11-13H2,2H3/t15-,17?,18?,19+,23-,24-,25+/m0/s1. The van der Waals surface area contributed by atoms with E-state index in [0.29, 0.717) is 25.0 Å². The van der Waals surface area contributed by atoms with Gasteiger partial charge in [0.05, 0.1) is 23.7 Å². The molecule has 6 nitrogen and oxygen atoms in total. The Bertz CT molecular complexity index is 994. The molecule has 4 bridgehead atoms. The summed E-state index contributed by atoms with van der Waals surface area (Å²) in [6, 6.07) is 3.23. The molecule has 1 spiro atoms. The van der Waals surface area contributed by atoms with Gasteiger partial charge in [-0.2, -0.15) is 0 Å². The topological polar surface area (TPSA) is 82.8 Å². The molecular formula is C25H28O6. The van der Waals surface area contributed by atoms with Gasteiger partial charge in [-0.3, -0.25) is 9.59 Å². The highest BCUT2D eigenvalue weighted by Gasteiger charge is 2.76. The zero-order valence-electron chi connectivity index (χ0n) is 17.9. The number of esters is 2. The van der Waals surface area contributed by atoms with E-state index < -0.39 is 22.9 Å². The molecule has 1 saturated heterocycles. The fraction of sp³-hybridized carbons (Fsp3) is 0.640. The first-order chi connectivity index (χ1) is 14.8. The van der Waals surface area contributed by atoms with E-state index in [0.717, 1.165) is 32.1 Å². The summed E-state index contributed by atoms with van der Waals surface area (Å²) < 4.78 is 17.2. The number of rotatable bonds is 2. The summed E-state index contributed by atoms with van der Waals surface area (Å²) in [5.74, 6) is -0.566. The number of hydrogen-bond donors (Lipinski definition) is 0. The fourth-order valence-corrected chi connectivity index (χ4v) is 8.22. The van der Waals surface area contributed by atoms with Crippen LogP contribution in [0.1, 0.15) is 62.4 Å². The van der Waals surface area contributed by atoms with Crippen LogP contribution < -0.4 is 0 Å². The summed E-state index contributed by atoms with van der Waals surface area (Å²) in [6.45, 7) is 6.72. The minimum Gasteiger partial charge on any atom is -0.465 e. The number of fused-ring (bicyclic) bond motifs is 2. The van der Waals surface area contributed by atoms with Gasteiger partial charge in [-0.15, -0.1) is 0 Å². The van der Waals surface area contributed by atoms with Gasteiger partial charge in [0.25, 0.3) is 0 Å². The Morgan fingerprint density at radius 2 is 2.00 bits per heavy atom. The number of carbonyl (C=O) groups excluding carboxylic acids is 3. The highest BCUT2D eigenvalue weighted by atomic mass is 16.6. The van der Waals surface area contributed by atoms with E-state index in [-0.39, 0.29) is 40.7 Å². The first kappa shape index (κ1) is 19.3. The van der Waals surface area contributed by atoms with E-state index in [2.05, 4.69) is 13.5 Å². The molecule has 7 atom stereocenters. The number of ketones is 1. The summed E-state index contributed by atoms with van der Waals surface area (Å²) in [5.41, 5.74) is -1.06. The molecule has 164 valence electrons. The Balaban J connectivity index is 1.50. The first-order valence-corrected chi connectivity index (χ1v) is 11.5. The van der Waals surface area contributed by atoms with E-state index in [9.17, 15) is 14.4 Å². The Morgan fingerprint density at radius 3 is 2.77 bits per heavy atom. The minimum absolute atomic E-state index is 0.00396. The largest absolute Gasteiger partial charge is 0.465 e. The number of hydrogen-bond acceptors (Lipinski definition) is 6. The number of allylic oxidation sites excluding steroid dienone is 1. The third-order valence-electron chi connectivity index (χ3n) is 9.59. The molecule has 0 N–H and O–H groups in total. The molecule has 1 aliphatic heterocycles. The zero-order valence-corrected chi connectivity index (χ0v) is 17.9. The molecule has 5 aliphatic carbocycles. The maximum Gasteiger partial charge on any atom is 0.374 e. The van der Waals surface area contributed by atoms with Gasteiger partial charge >= 0.3 is 11.9 Å². The van der Waals surface area contributed by atoms with Gasteiger partial charge in [-0.05, 0) is 74.0 Å². The van der Waals surface area contributed by atoms with E-state index in [1.807, 2.05) is 0 Å². The molecule has 2 unspecified atom stereocenters. The van der Waals surface area contributed by atoms with Crippen molar-refractivity contribution in [1.29, 1.82) is 0 Å². The monoisotopic (exact) mass is 424 g/mol. The molecule has 1 aromatic heterocycles. The molecule has 0 radical (unpaired) electrons. The average molecular weight is 424 g/mol. The summed E-state index contributed by atoms with van der Waals surface area (Å²) in [5, 5.41) is 0. The Kier molecular flexibility index (Phi) is 3.81. The molecule has 7 rings (SSSR count). The van der Waals surface area contributed by atoms with Gasteiger partial charge in [0, 0.05) is 5.41 Å². The summed E-state index contributed by atoms with van der Waals surface area (Å²) in [7, 11) is 0. The molecule has 6 aliphatic rings. The van der Waals surface area contributed by atoms with Crippen LogP contribution in [0.2, 0.25) is 0 Å². The minimum atomic E-state index is -0.890. The third-order valence-corrected chi connectivity index (χ3v) is 9.59. The summed E-state index contributed by atoms with van der Waals surface area (Å²) in [4.78, 5) is 40.1. The maximum absolute atomic E-state index is 13.8. The van der Waals surface area contributed by atoms with Crippen LogP contribution in [0, 0.1) is 34.0 Å². The Labute approximate surface area is 181 Å². The van der Waals surface area contributed by atoms with Crippen LogP contribution in [0.3, 0.4) is 0 Å². The third kappa shape index (κ3) is 2.21. The van der Waals surface area contributed by atoms with Gasteiger partial charge < -0.3 is 13.9 Å². The van der Waals surface area contributed by atoms with Gasteiger partial charge in [0.2, 0.25) is 5.76 Å². The van der Waals surface area contributed by atoms with Crippen molar-refractivity contribution in [3.05, 3.63) is 36.3 Å². The normalized spacial score (nSPS) is 45.5. The highest BCUT2D eigenvalue weighted by molar-refractivity contribution is 6.03. The highest BCUT2D eigenvalue weighted by Crippen LogP contribution is 2.73. The number of ether oxygens (including phenoxy) is 2. The van der Waals surface area contributed by atoms with Crippen molar-refractivity contribution in [3.8, 4) is 0 Å². The van der Waals surface area contributed by atoms with E-state index in [4.69, 9.17) is 13.9 Å². The molecular weight excluding hydrogens is 396 g/mol. The van der Waals surface area contributed by atoms with Crippen molar-refractivity contribution in [3.63, 3.8) is 0 Å². The molecule has 6 fully saturated rings.